The van der Waals surface area contributed by atoms with E-state index in [0.717, 1.165) is 21.5 Å². The molecular weight excluding hydrogens is 230 g/mol. The molecular formula is C14H11NOS. The fraction of sp³-hybridized carbons (Fsp3) is 0.0714. The summed E-state index contributed by atoms with van der Waals surface area (Å²) in [6, 6.07) is 11.8. The highest BCUT2D eigenvalue weighted by molar-refractivity contribution is 7.17. The first kappa shape index (κ1) is 10.3. The van der Waals surface area contributed by atoms with Crippen LogP contribution in [0.25, 0.3) is 21.5 Å². The van der Waals surface area contributed by atoms with Crippen molar-refractivity contribution in [1.29, 1.82) is 0 Å². The summed E-state index contributed by atoms with van der Waals surface area (Å²) in [5, 5.41) is 1.93. The maximum Gasteiger partial charge on any atom is 0.199 e. The zero-order valence-electron chi connectivity index (χ0n) is 9.36. The third-order valence-electron chi connectivity index (χ3n) is 2.80. The molecule has 0 aliphatic carbocycles. The van der Waals surface area contributed by atoms with E-state index in [1.807, 2.05) is 35.7 Å². The third kappa shape index (κ3) is 1.78. The van der Waals surface area contributed by atoms with Gasteiger partial charge in [0.2, 0.25) is 0 Å². The van der Waals surface area contributed by atoms with Crippen molar-refractivity contribution >= 4 is 21.6 Å². The van der Waals surface area contributed by atoms with Gasteiger partial charge in [-0.2, -0.15) is 0 Å². The lowest BCUT2D eigenvalue weighted by Crippen LogP contribution is -2.00. The summed E-state index contributed by atoms with van der Waals surface area (Å²) in [5.74, 6) is 0. The van der Waals surface area contributed by atoms with Gasteiger partial charge in [-0.05, 0) is 23.9 Å². The van der Waals surface area contributed by atoms with Gasteiger partial charge in [-0.15, -0.1) is 11.3 Å². The van der Waals surface area contributed by atoms with Crippen LogP contribution in [0.1, 0.15) is 5.56 Å². The number of benzene rings is 1. The van der Waals surface area contributed by atoms with Gasteiger partial charge in [0, 0.05) is 11.8 Å². The third-order valence-corrected chi connectivity index (χ3v) is 3.73. The number of hydrogen-bond acceptors (Lipinski definition) is 2. The molecule has 0 spiro atoms. The Labute approximate surface area is 103 Å². The number of hydrogen-bond donors (Lipinski definition) is 1. The van der Waals surface area contributed by atoms with Gasteiger partial charge in [0.15, 0.2) is 5.43 Å². The molecule has 1 aromatic carbocycles. The zero-order chi connectivity index (χ0) is 11.8. The maximum absolute atomic E-state index is 11.9. The van der Waals surface area contributed by atoms with Crippen molar-refractivity contribution in [3.8, 4) is 11.3 Å². The van der Waals surface area contributed by atoms with Crippen molar-refractivity contribution < 1.29 is 0 Å². The van der Waals surface area contributed by atoms with Crippen LogP contribution in [0.3, 0.4) is 0 Å². The highest BCUT2D eigenvalue weighted by Gasteiger charge is 2.04. The lowest BCUT2D eigenvalue weighted by molar-refractivity contribution is 1.38. The summed E-state index contributed by atoms with van der Waals surface area (Å²) < 4.78 is 0.792. The lowest BCUT2D eigenvalue weighted by Gasteiger charge is -2.02. The maximum atomic E-state index is 11.9. The number of H-pyrrole nitrogens is 1. The molecule has 3 aromatic rings. The first-order valence-corrected chi connectivity index (χ1v) is 6.29. The minimum Gasteiger partial charge on any atom is -0.354 e. The van der Waals surface area contributed by atoms with E-state index in [9.17, 15) is 4.79 Å². The van der Waals surface area contributed by atoms with Gasteiger partial charge in [0.05, 0.1) is 10.2 Å². The molecule has 84 valence electrons. The first-order valence-electron chi connectivity index (χ1n) is 5.41. The van der Waals surface area contributed by atoms with E-state index in [1.54, 1.807) is 6.07 Å². The number of aromatic nitrogens is 1. The Hall–Kier alpha value is -1.87. The van der Waals surface area contributed by atoms with Gasteiger partial charge in [-0.3, -0.25) is 4.79 Å². The van der Waals surface area contributed by atoms with Crippen LogP contribution in [0.15, 0.2) is 46.6 Å². The van der Waals surface area contributed by atoms with Crippen LogP contribution in [0, 0.1) is 6.92 Å². The van der Waals surface area contributed by atoms with Crippen molar-refractivity contribution in [3.63, 3.8) is 0 Å². The van der Waals surface area contributed by atoms with E-state index in [-0.39, 0.29) is 5.43 Å². The van der Waals surface area contributed by atoms with Crippen molar-refractivity contribution in [2.45, 2.75) is 6.92 Å². The Morgan fingerprint density at radius 3 is 2.65 bits per heavy atom. The van der Waals surface area contributed by atoms with Gasteiger partial charge < -0.3 is 4.98 Å². The zero-order valence-corrected chi connectivity index (χ0v) is 10.2. The van der Waals surface area contributed by atoms with Gasteiger partial charge in [0.1, 0.15) is 0 Å². The van der Waals surface area contributed by atoms with Crippen molar-refractivity contribution in [3.05, 3.63) is 57.6 Å². The minimum absolute atomic E-state index is 0.0873. The molecule has 2 nitrogen and oxygen atoms in total. The number of nitrogens with one attached hydrogen (secondary N) is 1. The summed E-state index contributed by atoms with van der Waals surface area (Å²) in [5.41, 5.74) is 4.14. The second-order valence-electron chi connectivity index (χ2n) is 4.08. The molecule has 0 fully saturated rings. The Morgan fingerprint density at radius 1 is 1.12 bits per heavy atom. The number of aryl methyl sites for hydroxylation is 1. The first-order chi connectivity index (χ1) is 8.24. The SMILES string of the molecule is Cc1ccc(-c2cc(=O)c3sccc3[nH]2)cc1. The Morgan fingerprint density at radius 2 is 1.88 bits per heavy atom. The molecule has 0 saturated heterocycles. The number of fused-ring (bicyclic) bond motifs is 1. The molecule has 0 unspecified atom stereocenters. The van der Waals surface area contributed by atoms with Crippen LogP contribution in [0.4, 0.5) is 0 Å². The van der Waals surface area contributed by atoms with Crippen LogP contribution >= 0.6 is 11.3 Å². The molecule has 0 radical (unpaired) electrons. The summed E-state index contributed by atoms with van der Waals surface area (Å²) in [7, 11) is 0. The highest BCUT2D eigenvalue weighted by Crippen LogP contribution is 2.21. The molecule has 3 heteroatoms. The van der Waals surface area contributed by atoms with Crippen LogP contribution in [-0.2, 0) is 0 Å². The summed E-state index contributed by atoms with van der Waals surface area (Å²) in [4.78, 5) is 15.2. The van der Waals surface area contributed by atoms with E-state index >= 15 is 0 Å². The average molecular weight is 241 g/mol. The number of thiophene rings is 1. The summed E-state index contributed by atoms with van der Waals surface area (Å²) >= 11 is 1.48. The van der Waals surface area contributed by atoms with Crippen molar-refractivity contribution in [2.24, 2.45) is 0 Å². The van der Waals surface area contributed by atoms with Crippen LogP contribution in [0.2, 0.25) is 0 Å². The minimum atomic E-state index is 0.0873. The summed E-state index contributed by atoms with van der Waals surface area (Å²) in [6.07, 6.45) is 0. The summed E-state index contributed by atoms with van der Waals surface area (Å²) in [6.45, 7) is 2.05. The van der Waals surface area contributed by atoms with Crippen LogP contribution in [0.5, 0.6) is 0 Å². The van der Waals surface area contributed by atoms with Gasteiger partial charge in [-0.25, -0.2) is 0 Å². The predicted molar refractivity (Wildman–Crippen MR) is 72.6 cm³/mol. The van der Waals surface area contributed by atoms with E-state index in [1.165, 1.54) is 16.9 Å². The highest BCUT2D eigenvalue weighted by atomic mass is 32.1. The van der Waals surface area contributed by atoms with Crippen LogP contribution < -0.4 is 5.43 Å². The predicted octanol–water partition coefficient (Wildman–Crippen LogP) is 3.57. The smallest absolute Gasteiger partial charge is 0.199 e. The van der Waals surface area contributed by atoms with Crippen molar-refractivity contribution in [1.82, 2.24) is 4.98 Å². The number of aromatic amines is 1. The van der Waals surface area contributed by atoms with E-state index < -0.39 is 0 Å². The number of rotatable bonds is 1. The molecule has 0 aliphatic rings. The van der Waals surface area contributed by atoms with E-state index in [4.69, 9.17) is 0 Å². The van der Waals surface area contributed by atoms with E-state index in [2.05, 4.69) is 11.9 Å². The molecule has 0 amide bonds. The van der Waals surface area contributed by atoms with Crippen molar-refractivity contribution in [2.75, 3.05) is 0 Å². The fourth-order valence-electron chi connectivity index (χ4n) is 1.86. The van der Waals surface area contributed by atoms with Gasteiger partial charge in [-0.1, -0.05) is 29.8 Å². The molecule has 2 heterocycles. The lowest BCUT2D eigenvalue weighted by atomic mass is 10.1. The Kier molecular flexibility index (Phi) is 2.34. The molecule has 3 rings (SSSR count). The molecule has 1 N–H and O–H groups in total. The largest absolute Gasteiger partial charge is 0.354 e. The second-order valence-corrected chi connectivity index (χ2v) is 4.99. The van der Waals surface area contributed by atoms with E-state index in [0.29, 0.717) is 0 Å². The normalized spacial score (nSPS) is 10.9. The Balaban J connectivity index is 2.23. The second kappa shape index (κ2) is 3.86. The molecule has 0 aliphatic heterocycles. The fourth-order valence-corrected chi connectivity index (χ4v) is 2.63. The average Bonchev–Trinajstić information content (AvgIpc) is 2.78. The Bertz CT molecular complexity index is 722. The topological polar surface area (TPSA) is 32.9 Å². The molecule has 2 aromatic heterocycles. The standard InChI is InChI=1S/C14H11NOS/c1-9-2-4-10(5-3-9)12-8-13(16)14-11(15-12)6-7-17-14/h2-8H,1H3,(H,15,16). The molecule has 0 atom stereocenters. The molecule has 0 bridgehead atoms. The van der Waals surface area contributed by atoms with Gasteiger partial charge >= 0.3 is 0 Å². The quantitative estimate of drug-likeness (QED) is 0.694. The molecule has 17 heavy (non-hydrogen) atoms. The van der Waals surface area contributed by atoms with Crippen LogP contribution in [-0.4, -0.2) is 4.98 Å². The monoisotopic (exact) mass is 241 g/mol. The molecule has 0 saturated carbocycles. The number of pyridine rings is 1. The van der Waals surface area contributed by atoms with Gasteiger partial charge in [0.25, 0.3) is 0 Å².